The number of hydrogen-bond donors (Lipinski definition) is 1. The molecule has 0 bridgehead atoms. The second kappa shape index (κ2) is 9.06. The van der Waals surface area contributed by atoms with Crippen molar-refractivity contribution in [2.45, 2.75) is 19.3 Å². The molecule has 0 aliphatic heterocycles. The summed E-state index contributed by atoms with van der Waals surface area (Å²) in [6.07, 6.45) is 6.41. The van der Waals surface area contributed by atoms with Gasteiger partial charge in [0, 0.05) is 17.6 Å². The molecule has 114 valence electrons. The Balaban J connectivity index is 1.63. The van der Waals surface area contributed by atoms with E-state index in [9.17, 15) is 4.79 Å². The van der Waals surface area contributed by atoms with Crippen molar-refractivity contribution in [1.29, 1.82) is 0 Å². The molecular weight excluding hydrogens is 294 g/mol. The van der Waals surface area contributed by atoms with E-state index in [1.807, 2.05) is 30.3 Å². The molecular formula is C19H20ClNO. The van der Waals surface area contributed by atoms with Gasteiger partial charge in [0.05, 0.1) is 0 Å². The second-order valence-corrected chi connectivity index (χ2v) is 5.56. The third-order valence-electron chi connectivity index (χ3n) is 3.31. The van der Waals surface area contributed by atoms with Gasteiger partial charge in [-0.2, -0.15) is 0 Å². The molecule has 2 nitrogen and oxygen atoms in total. The molecule has 0 saturated carbocycles. The number of amides is 1. The standard InChI is InChI=1S/C19H20ClNO/c20-18-11-6-10-17(15-18)12-13-19(22)21-14-5-4-9-16-7-2-1-3-8-16/h1-3,6-8,10-13,15H,4-5,9,14H2,(H,21,22). The lowest BCUT2D eigenvalue weighted by molar-refractivity contribution is -0.116. The maximum atomic E-state index is 11.7. The van der Waals surface area contributed by atoms with Crippen LogP contribution in [0.15, 0.2) is 60.7 Å². The highest BCUT2D eigenvalue weighted by molar-refractivity contribution is 6.30. The van der Waals surface area contributed by atoms with Crippen LogP contribution in [0.3, 0.4) is 0 Å². The summed E-state index contributed by atoms with van der Waals surface area (Å²) in [5, 5.41) is 3.56. The number of hydrogen-bond acceptors (Lipinski definition) is 1. The first-order valence-corrected chi connectivity index (χ1v) is 7.87. The van der Waals surface area contributed by atoms with Crippen molar-refractivity contribution < 1.29 is 4.79 Å². The van der Waals surface area contributed by atoms with Crippen molar-refractivity contribution in [3.63, 3.8) is 0 Å². The lowest BCUT2D eigenvalue weighted by Crippen LogP contribution is -2.22. The third-order valence-corrected chi connectivity index (χ3v) is 3.55. The van der Waals surface area contributed by atoms with Crippen LogP contribution in [0.1, 0.15) is 24.0 Å². The van der Waals surface area contributed by atoms with Gasteiger partial charge in [0.2, 0.25) is 5.91 Å². The summed E-state index contributed by atoms with van der Waals surface area (Å²) in [6.45, 7) is 0.700. The van der Waals surface area contributed by atoms with Crippen LogP contribution < -0.4 is 5.32 Å². The first-order chi connectivity index (χ1) is 10.7. The zero-order valence-corrected chi connectivity index (χ0v) is 13.2. The number of carbonyl (C=O) groups excluding carboxylic acids is 1. The number of aryl methyl sites for hydroxylation is 1. The molecule has 0 aliphatic rings. The second-order valence-electron chi connectivity index (χ2n) is 5.12. The van der Waals surface area contributed by atoms with Crippen LogP contribution >= 0.6 is 11.6 Å². The number of rotatable bonds is 7. The van der Waals surface area contributed by atoms with Gasteiger partial charge >= 0.3 is 0 Å². The Bertz CT molecular complexity index is 622. The fourth-order valence-corrected chi connectivity index (χ4v) is 2.35. The quantitative estimate of drug-likeness (QED) is 0.592. The zero-order valence-electron chi connectivity index (χ0n) is 12.5. The summed E-state index contributed by atoms with van der Waals surface area (Å²) in [6, 6.07) is 17.8. The molecule has 0 unspecified atom stereocenters. The van der Waals surface area contributed by atoms with E-state index in [0.717, 1.165) is 24.8 Å². The summed E-state index contributed by atoms with van der Waals surface area (Å²) in [5.41, 5.74) is 2.27. The van der Waals surface area contributed by atoms with Gasteiger partial charge in [-0.05, 0) is 48.6 Å². The van der Waals surface area contributed by atoms with Gasteiger partial charge in [0.25, 0.3) is 0 Å². The summed E-state index contributed by atoms with van der Waals surface area (Å²) >= 11 is 5.89. The molecule has 3 heteroatoms. The van der Waals surface area contributed by atoms with Crippen molar-refractivity contribution in [2.75, 3.05) is 6.54 Å². The van der Waals surface area contributed by atoms with E-state index in [0.29, 0.717) is 11.6 Å². The Morgan fingerprint density at radius 2 is 1.86 bits per heavy atom. The van der Waals surface area contributed by atoms with Crippen molar-refractivity contribution in [1.82, 2.24) is 5.32 Å². The Morgan fingerprint density at radius 3 is 2.64 bits per heavy atom. The van der Waals surface area contributed by atoms with Crippen molar-refractivity contribution in [3.8, 4) is 0 Å². The predicted octanol–water partition coefficient (Wildman–Crippen LogP) is 4.49. The fourth-order valence-electron chi connectivity index (χ4n) is 2.15. The van der Waals surface area contributed by atoms with Crippen LogP contribution in [0.25, 0.3) is 6.08 Å². The van der Waals surface area contributed by atoms with Gasteiger partial charge in [-0.25, -0.2) is 0 Å². The summed E-state index contributed by atoms with van der Waals surface area (Å²) in [7, 11) is 0. The van der Waals surface area contributed by atoms with Gasteiger partial charge in [0.1, 0.15) is 0 Å². The Kier molecular flexibility index (Phi) is 6.72. The van der Waals surface area contributed by atoms with Gasteiger partial charge in [-0.1, -0.05) is 54.1 Å². The first kappa shape index (κ1) is 16.3. The maximum Gasteiger partial charge on any atom is 0.243 e. The monoisotopic (exact) mass is 313 g/mol. The molecule has 0 spiro atoms. The number of carbonyl (C=O) groups is 1. The highest BCUT2D eigenvalue weighted by Gasteiger charge is 1.96. The van der Waals surface area contributed by atoms with E-state index in [2.05, 4.69) is 29.6 Å². The highest BCUT2D eigenvalue weighted by atomic mass is 35.5. The lowest BCUT2D eigenvalue weighted by Gasteiger charge is -2.03. The van der Waals surface area contributed by atoms with Gasteiger partial charge in [-0.3, -0.25) is 4.79 Å². The minimum absolute atomic E-state index is 0.0697. The van der Waals surface area contributed by atoms with Gasteiger partial charge < -0.3 is 5.32 Å². The topological polar surface area (TPSA) is 29.1 Å². The fraction of sp³-hybridized carbons (Fsp3) is 0.211. The molecule has 1 N–H and O–H groups in total. The van der Waals surface area contributed by atoms with Crippen LogP contribution in [0.4, 0.5) is 0 Å². The van der Waals surface area contributed by atoms with E-state index in [1.54, 1.807) is 12.2 Å². The molecule has 0 fully saturated rings. The maximum absolute atomic E-state index is 11.7. The lowest BCUT2D eigenvalue weighted by atomic mass is 10.1. The molecule has 1 amide bonds. The smallest absolute Gasteiger partial charge is 0.243 e. The molecule has 0 aromatic heterocycles. The van der Waals surface area contributed by atoms with E-state index in [-0.39, 0.29) is 5.91 Å². The summed E-state index contributed by atoms with van der Waals surface area (Å²) < 4.78 is 0. The average molecular weight is 314 g/mol. The molecule has 0 radical (unpaired) electrons. The number of unbranched alkanes of at least 4 members (excludes halogenated alkanes) is 1. The normalized spacial score (nSPS) is 10.8. The summed E-state index contributed by atoms with van der Waals surface area (Å²) in [5.74, 6) is -0.0697. The number of nitrogens with one attached hydrogen (secondary N) is 1. The molecule has 22 heavy (non-hydrogen) atoms. The van der Waals surface area contributed by atoms with Gasteiger partial charge in [-0.15, -0.1) is 0 Å². The molecule has 0 heterocycles. The Labute approximate surface area is 136 Å². The van der Waals surface area contributed by atoms with E-state index in [4.69, 9.17) is 11.6 Å². The average Bonchev–Trinajstić information content (AvgIpc) is 2.54. The van der Waals surface area contributed by atoms with Crippen molar-refractivity contribution >= 4 is 23.6 Å². The van der Waals surface area contributed by atoms with Crippen LogP contribution in [0.5, 0.6) is 0 Å². The summed E-state index contributed by atoms with van der Waals surface area (Å²) in [4.78, 5) is 11.7. The van der Waals surface area contributed by atoms with E-state index >= 15 is 0 Å². The number of halogens is 1. The minimum Gasteiger partial charge on any atom is -0.353 e. The number of benzene rings is 2. The van der Waals surface area contributed by atoms with E-state index in [1.165, 1.54) is 5.56 Å². The molecule has 2 aromatic carbocycles. The van der Waals surface area contributed by atoms with Crippen molar-refractivity contribution in [2.24, 2.45) is 0 Å². The molecule has 2 rings (SSSR count). The van der Waals surface area contributed by atoms with Crippen LogP contribution in [0, 0.1) is 0 Å². The third kappa shape index (κ3) is 6.15. The molecule has 0 saturated heterocycles. The molecule has 0 aliphatic carbocycles. The van der Waals surface area contributed by atoms with Crippen LogP contribution in [-0.4, -0.2) is 12.5 Å². The minimum atomic E-state index is -0.0697. The Hall–Kier alpha value is -2.06. The van der Waals surface area contributed by atoms with Crippen LogP contribution in [-0.2, 0) is 11.2 Å². The SMILES string of the molecule is O=C(C=Cc1cccc(Cl)c1)NCCCCc1ccccc1. The first-order valence-electron chi connectivity index (χ1n) is 7.49. The van der Waals surface area contributed by atoms with Gasteiger partial charge in [0.15, 0.2) is 0 Å². The largest absolute Gasteiger partial charge is 0.353 e. The van der Waals surface area contributed by atoms with Crippen LogP contribution in [0.2, 0.25) is 5.02 Å². The zero-order chi connectivity index (χ0) is 15.6. The highest BCUT2D eigenvalue weighted by Crippen LogP contribution is 2.11. The van der Waals surface area contributed by atoms with E-state index < -0.39 is 0 Å². The molecule has 0 atom stereocenters. The molecule has 2 aromatic rings. The van der Waals surface area contributed by atoms with Crippen molar-refractivity contribution in [3.05, 3.63) is 76.8 Å². The predicted molar refractivity (Wildman–Crippen MR) is 92.9 cm³/mol. The Morgan fingerprint density at radius 1 is 1.05 bits per heavy atom.